The number of nitrogens with one attached hydrogen (secondary N) is 1. The predicted octanol–water partition coefficient (Wildman–Crippen LogP) is 2.73. The Morgan fingerprint density at radius 3 is 2.50 bits per heavy atom. The number of aliphatic hydroxyl groups is 2. The van der Waals surface area contributed by atoms with Gasteiger partial charge in [0.2, 0.25) is 0 Å². The number of benzene rings is 2. The van der Waals surface area contributed by atoms with Gasteiger partial charge in [0.25, 0.3) is 5.91 Å². The molecule has 3 N–H and O–H groups in total. The standard InChI is InChI=1S/C30H41NO9/c1-20-25(32)17-26(33)29(40-20)37-13-12-36-11-10-31-27(34)19-38-24-15-22(14-23(16-24)30(2,3)4)28(35)39-18-21-8-6-5-7-9-21/h5-9,14-16,20,25-26,29,32-33H,10-13,17-19H2,1-4H3,(H,31,34)/t20-,25?,26+,29?/m0/s1. The summed E-state index contributed by atoms with van der Waals surface area (Å²) in [5.41, 5.74) is 1.87. The van der Waals surface area contributed by atoms with Gasteiger partial charge in [0, 0.05) is 13.0 Å². The molecule has 2 aromatic carbocycles. The molecule has 10 nitrogen and oxygen atoms in total. The number of esters is 1. The van der Waals surface area contributed by atoms with Gasteiger partial charge in [-0.3, -0.25) is 4.79 Å². The van der Waals surface area contributed by atoms with Gasteiger partial charge >= 0.3 is 5.97 Å². The second-order valence-corrected chi connectivity index (χ2v) is 10.8. The molecule has 1 fully saturated rings. The zero-order valence-corrected chi connectivity index (χ0v) is 23.6. The maximum absolute atomic E-state index is 12.8. The zero-order chi connectivity index (χ0) is 29.1. The van der Waals surface area contributed by atoms with E-state index < -0.39 is 30.6 Å². The van der Waals surface area contributed by atoms with E-state index in [1.54, 1.807) is 19.1 Å². The van der Waals surface area contributed by atoms with Crippen LogP contribution in [-0.2, 0) is 35.8 Å². The lowest BCUT2D eigenvalue weighted by molar-refractivity contribution is -0.263. The first-order chi connectivity index (χ1) is 19.0. The van der Waals surface area contributed by atoms with Crippen molar-refractivity contribution in [3.8, 4) is 5.75 Å². The van der Waals surface area contributed by atoms with Gasteiger partial charge in [-0.25, -0.2) is 4.79 Å². The van der Waals surface area contributed by atoms with E-state index in [2.05, 4.69) is 5.32 Å². The van der Waals surface area contributed by atoms with Gasteiger partial charge in [-0.15, -0.1) is 0 Å². The molecule has 2 unspecified atom stereocenters. The molecule has 1 aliphatic rings. The van der Waals surface area contributed by atoms with Crippen LogP contribution >= 0.6 is 0 Å². The summed E-state index contributed by atoms with van der Waals surface area (Å²) in [6.45, 7) is 8.70. The van der Waals surface area contributed by atoms with Crippen LogP contribution in [0.4, 0.5) is 0 Å². The van der Waals surface area contributed by atoms with Crippen molar-refractivity contribution >= 4 is 11.9 Å². The Kier molecular flexibility index (Phi) is 11.9. The molecule has 0 bridgehead atoms. The third-order valence-corrected chi connectivity index (χ3v) is 6.36. The highest BCUT2D eigenvalue weighted by molar-refractivity contribution is 5.90. The average molecular weight is 560 g/mol. The van der Waals surface area contributed by atoms with Crippen LogP contribution in [0.25, 0.3) is 0 Å². The van der Waals surface area contributed by atoms with E-state index in [1.807, 2.05) is 57.2 Å². The van der Waals surface area contributed by atoms with E-state index in [0.29, 0.717) is 11.3 Å². The SMILES string of the molecule is C[C@@H]1OC(OCCOCCNC(=O)COc2cc(C(=O)OCc3ccccc3)cc(C(C)(C)C)c2)[C@H](O)CC1O. The molecule has 1 heterocycles. The number of hydrogen-bond donors (Lipinski definition) is 3. The van der Waals surface area contributed by atoms with Crippen molar-refractivity contribution < 1.29 is 43.5 Å². The van der Waals surface area contributed by atoms with Gasteiger partial charge in [0.15, 0.2) is 12.9 Å². The number of rotatable bonds is 13. The van der Waals surface area contributed by atoms with Gasteiger partial charge in [0.05, 0.1) is 37.6 Å². The third kappa shape index (κ3) is 10.2. The number of carbonyl (C=O) groups excluding carboxylic acids is 2. The summed E-state index contributed by atoms with van der Waals surface area (Å²) in [4.78, 5) is 25.1. The van der Waals surface area contributed by atoms with E-state index in [0.717, 1.165) is 11.1 Å². The minimum Gasteiger partial charge on any atom is -0.484 e. The first kappa shape index (κ1) is 31.5. The minimum atomic E-state index is -0.898. The Bertz CT molecular complexity index is 1090. The van der Waals surface area contributed by atoms with Gasteiger partial charge in [-0.05, 0) is 41.7 Å². The van der Waals surface area contributed by atoms with Crippen LogP contribution in [0, 0.1) is 0 Å². The maximum Gasteiger partial charge on any atom is 0.338 e. The van der Waals surface area contributed by atoms with E-state index >= 15 is 0 Å². The minimum absolute atomic E-state index is 0.159. The average Bonchev–Trinajstić information content (AvgIpc) is 2.92. The lowest BCUT2D eigenvalue weighted by Crippen LogP contribution is -2.47. The smallest absolute Gasteiger partial charge is 0.338 e. The fourth-order valence-corrected chi connectivity index (χ4v) is 3.92. The molecule has 10 heteroatoms. The van der Waals surface area contributed by atoms with Crippen molar-refractivity contribution in [2.24, 2.45) is 0 Å². The van der Waals surface area contributed by atoms with E-state index in [1.165, 1.54) is 0 Å². The monoisotopic (exact) mass is 559 g/mol. The Morgan fingerprint density at radius 1 is 1.02 bits per heavy atom. The fraction of sp³-hybridized carbons (Fsp3) is 0.533. The lowest BCUT2D eigenvalue weighted by atomic mass is 9.86. The number of aliphatic hydroxyl groups excluding tert-OH is 2. The number of ether oxygens (including phenoxy) is 5. The number of carbonyl (C=O) groups is 2. The van der Waals surface area contributed by atoms with E-state index in [-0.39, 0.29) is 57.3 Å². The van der Waals surface area contributed by atoms with Crippen molar-refractivity contribution in [1.82, 2.24) is 5.32 Å². The molecule has 40 heavy (non-hydrogen) atoms. The molecule has 0 spiro atoms. The second kappa shape index (κ2) is 15.1. The largest absolute Gasteiger partial charge is 0.484 e. The second-order valence-electron chi connectivity index (χ2n) is 10.8. The maximum atomic E-state index is 12.8. The van der Waals surface area contributed by atoms with E-state index in [4.69, 9.17) is 23.7 Å². The van der Waals surface area contributed by atoms with Crippen LogP contribution in [0.1, 0.15) is 55.6 Å². The summed E-state index contributed by atoms with van der Waals surface area (Å²) >= 11 is 0. The number of hydrogen-bond acceptors (Lipinski definition) is 9. The first-order valence-corrected chi connectivity index (χ1v) is 13.5. The molecule has 0 radical (unpaired) electrons. The number of amides is 1. The topological polar surface area (TPSA) is 133 Å². The van der Waals surface area contributed by atoms with E-state index in [9.17, 15) is 19.8 Å². The quantitative estimate of drug-likeness (QED) is 0.250. The normalized spacial score (nSPS) is 21.1. The van der Waals surface area contributed by atoms with Crippen LogP contribution < -0.4 is 10.1 Å². The molecule has 1 amide bonds. The summed E-state index contributed by atoms with van der Waals surface area (Å²) < 4.78 is 27.6. The highest BCUT2D eigenvalue weighted by Crippen LogP contribution is 2.28. The predicted molar refractivity (Wildman–Crippen MR) is 147 cm³/mol. The van der Waals surface area contributed by atoms with Crippen molar-refractivity contribution in [2.75, 3.05) is 33.0 Å². The van der Waals surface area contributed by atoms with Crippen LogP contribution in [-0.4, -0.2) is 79.7 Å². The van der Waals surface area contributed by atoms with Crippen LogP contribution in [0.15, 0.2) is 48.5 Å². The first-order valence-electron chi connectivity index (χ1n) is 13.5. The molecule has 1 aliphatic heterocycles. The van der Waals surface area contributed by atoms with Gasteiger partial charge < -0.3 is 39.2 Å². The lowest BCUT2D eigenvalue weighted by Gasteiger charge is -2.35. The fourth-order valence-electron chi connectivity index (χ4n) is 3.92. The molecule has 220 valence electrons. The zero-order valence-electron chi connectivity index (χ0n) is 23.6. The van der Waals surface area contributed by atoms with Gasteiger partial charge in [-0.2, -0.15) is 0 Å². The van der Waals surface area contributed by atoms with Crippen LogP contribution in [0.3, 0.4) is 0 Å². The Balaban J connectivity index is 1.39. The van der Waals surface area contributed by atoms with Gasteiger partial charge in [0.1, 0.15) is 18.5 Å². The molecule has 2 aromatic rings. The molecular formula is C30H41NO9. The molecule has 0 aromatic heterocycles. The highest BCUT2D eigenvalue weighted by Gasteiger charge is 2.34. The van der Waals surface area contributed by atoms with Crippen molar-refractivity contribution in [3.05, 3.63) is 65.2 Å². The molecular weight excluding hydrogens is 518 g/mol. The molecule has 3 rings (SSSR count). The van der Waals surface area contributed by atoms with Crippen LogP contribution in [0.5, 0.6) is 5.75 Å². The Hall–Kier alpha value is -3.02. The molecule has 1 saturated heterocycles. The summed E-state index contributed by atoms with van der Waals surface area (Å²) in [6.07, 6.45) is -2.64. The molecule has 0 saturated carbocycles. The Labute approximate surface area is 235 Å². The molecule has 4 atom stereocenters. The summed E-state index contributed by atoms with van der Waals surface area (Å²) in [7, 11) is 0. The summed E-state index contributed by atoms with van der Waals surface area (Å²) in [5.74, 6) is -0.404. The highest BCUT2D eigenvalue weighted by atomic mass is 16.7. The van der Waals surface area contributed by atoms with Crippen molar-refractivity contribution in [1.29, 1.82) is 0 Å². The summed E-state index contributed by atoms with van der Waals surface area (Å²) in [6, 6.07) is 14.6. The molecule has 0 aliphatic carbocycles. The Morgan fingerprint density at radius 2 is 1.77 bits per heavy atom. The van der Waals surface area contributed by atoms with Crippen molar-refractivity contribution in [2.45, 2.75) is 70.7 Å². The third-order valence-electron chi connectivity index (χ3n) is 6.36. The van der Waals surface area contributed by atoms with Gasteiger partial charge in [-0.1, -0.05) is 51.1 Å². The summed E-state index contributed by atoms with van der Waals surface area (Å²) in [5, 5.41) is 22.3. The van der Waals surface area contributed by atoms with Crippen LogP contribution in [0.2, 0.25) is 0 Å². The van der Waals surface area contributed by atoms with Crippen molar-refractivity contribution in [3.63, 3.8) is 0 Å².